The van der Waals surface area contributed by atoms with E-state index in [1.807, 2.05) is 36.4 Å². The van der Waals surface area contributed by atoms with Gasteiger partial charge in [0.25, 0.3) is 5.91 Å². The maximum Gasteiger partial charge on any atom is 0.253 e. The van der Waals surface area contributed by atoms with Gasteiger partial charge in [-0.25, -0.2) is 4.98 Å². The molecule has 3 aromatic rings. The van der Waals surface area contributed by atoms with Gasteiger partial charge in [-0.1, -0.05) is 38.1 Å². The molecule has 3 aliphatic heterocycles. The third-order valence-corrected chi connectivity index (χ3v) is 6.45. The quantitative estimate of drug-likeness (QED) is 0.648. The minimum absolute atomic E-state index is 0. The molecular weight excluding hydrogens is 398 g/mol. The van der Waals surface area contributed by atoms with Gasteiger partial charge in [-0.15, -0.1) is 12.4 Å². The van der Waals surface area contributed by atoms with E-state index in [9.17, 15) is 4.79 Å². The number of amides is 1. The summed E-state index contributed by atoms with van der Waals surface area (Å²) in [7, 11) is 0. The van der Waals surface area contributed by atoms with Crippen LogP contribution in [0.25, 0.3) is 22.6 Å². The van der Waals surface area contributed by atoms with Crippen molar-refractivity contribution in [2.75, 3.05) is 19.6 Å². The van der Waals surface area contributed by atoms with Crippen LogP contribution in [0.1, 0.15) is 48.5 Å². The van der Waals surface area contributed by atoms with Gasteiger partial charge in [-0.2, -0.15) is 0 Å². The SMILES string of the molecule is CC(C)c1ccccc1-c1nc2c(C(=O)NC3CN4CCC3CC4)cccc2o1.Cl. The van der Waals surface area contributed by atoms with Crippen molar-refractivity contribution in [1.29, 1.82) is 0 Å². The van der Waals surface area contributed by atoms with Crippen molar-refractivity contribution in [3.8, 4) is 11.5 Å². The fraction of sp³-hybridized carbons (Fsp3) is 0.417. The molecule has 6 heteroatoms. The van der Waals surface area contributed by atoms with Crippen molar-refractivity contribution in [3.05, 3.63) is 53.6 Å². The Hall–Kier alpha value is -2.37. The zero-order valence-electron chi connectivity index (χ0n) is 17.4. The van der Waals surface area contributed by atoms with Crippen LogP contribution in [-0.2, 0) is 0 Å². The largest absolute Gasteiger partial charge is 0.436 e. The normalized spacial score (nSPS) is 22.8. The highest BCUT2D eigenvalue weighted by molar-refractivity contribution is 6.05. The number of aromatic nitrogens is 1. The molecule has 1 atom stereocenters. The van der Waals surface area contributed by atoms with Crippen molar-refractivity contribution >= 4 is 29.4 Å². The second-order valence-electron chi connectivity index (χ2n) is 8.63. The van der Waals surface area contributed by atoms with Crippen LogP contribution in [0.2, 0.25) is 0 Å². The Kier molecular flexibility index (Phi) is 5.85. The molecule has 3 aliphatic rings. The lowest BCUT2D eigenvalue weighted by Gasteiger charge is -2.44. The number of para-hydroxylation sites is 1. The number of rotatable bonds is 4. The van der Waals surface area contributed by atoms with E-state index in [0.717, 1.165) is 25.2 Å². The van der Waals surface area contributed by atoms with Crippen molar-refractivity contribution in [2.45, 2.75) is 38.6 Å². The molecule has 158 valence electrons. The summed E-state index contributed by atoms with van der Waals surface area (Å²) in [5.41, 5.74) is 4.07. The van der Waals surface area contributed by atoms with Crippen LogP contribution in [0.15, 0.2) is 46.9 Å². The molecule has 1 unspecified atom stereocenters. The first-order valence-corrected chi connectivity index (χ1v) is 10.6. The molecule has 0 saturated carbocycles. The van der Waals surface area contributed by atoms with Crippen LogP contribution in [-0.4, -0.2) is 41.5 Å². The average molecular weight is 426 g/mol. The summed E-state index contributed by atoms with van der Waals surface area (Å²) in [5.74, 6) is 1.48. The number of hydrogen-bond donors (Lipinski definition) is 1. The van der Waals surface area contributed by atoms with Gasteiger partial charge in [-0.3, -0.25) is 4.79 Å². The number of benzene rings is 2. The highest BCUT2D eigenvalue weighted by atomic mass is 35.5. The summed E-state index contributed by atoms with van der Waals surface area (Å²) >= 11 is 0. The summed E-state index contributed by atoms with van der Waals surface area (Å²) < 4.78 is 6.08. The Bertz CT molecular complexity index is 1050. The molecule has 0 spiro atoms. The predicted octanol–water partition coefficient (Wildman–Crippen LogP) is 4.86. The molecule has 2 bridgehead atoms. The van der Waals surface area contributed by atoms with Gasteiger partial charge in [0.1, 0.15) is 5.52 Å². The van der Waals surface area contributed by atoms with Crippen LogP contribution >= 0.6 is 12.4 Å². The lowest BCUT2D eigenvalue weighted by atomic mass is 9.84. The summed E-state index contributed by atoms with van der Waals surface area (Å²) in [4.78, 5) is 20.3. The van der Waals surface area contributed by atoms with Crippen molar-refractivity contribution in [1.82, 2.24) is 15.2 Å². The third-order valence-electron chi connectivity index (χ3n) is 6.45. The molecule has 1 aromatic heterocycles. The zero-order chi connectivity index (χ0) is 20.0. The van der Waals surface area contributed by atoms with Gasteiger partial charge in [0.15, 0.2) is 5.58 Å². The van der Waals surface area contributed by atoms with Crippen LogP contribution in [0, 0.1) is 5.92 Å². The third kappa shape index (κ3) is 3.72. The van der Waals surface area contributed by atoms with E-state index in [1.165, 1.54) is 18.4 Å². The fourth-order valence-electron chi connectivity index (χ4n) is 4.82. The number of halogens is 1. The second kappa shape index (κ2) is 8.40. The van der Waals surface area contributed by atoms with Gasteiger partial charge >= 0.3 is 0 Å². The number of hydrogen-bond acceptors (Lipinski definition) is 4. The molecule has 3 saturated heterocycles. The molecular formula is C24H28ClN3O2. The average Bonchev–Trinajstić information content (AvgIpc) is 3.19. The molecule has 3 fully saturated rings. The highest BCUT2D eigenvalue weighted by Gasteiger charge is 2.35. The van der Waals surface area contributed by atoms with E-state index in [2.05, 4.69) is 30.1 Å². The summed E-state index contributed by atoms with van der Waals surface area (Å²) in [5, 5.41) is 3.28. The molecule has 0 radical (unpaired) electrons. The molecule has 2 aromatic carbocycles. The number of oxazole rings is 1. The van der Waals surface area contributed by atoms with E-state index in [4.69, 9.17) is 9.40 Å². The molecule has 0 aliphatic carbocycles. The Labute approximate surface area is 183 Å². The number of fused-ring (bicyclic) bond motifs is 4. The van der Waals surface area contributed by atoms with Crippen molar-refractivity contribution in [2.24, 2.45) is 5.92 Å². The van der Waals surface area contributed by atoms with Crippen molar-refractivity contribution in [3.63, 3.8) is 0 Å². The number of piperidine rings is 3. The number of nitrogens with zero attached hydrogens (tertiary/aromatic N) is 2. The smallest absolute Gasteiger partial charge is 0.253 e. The van der Waals surface area contributed by atoms with E-state index in [-0.39, 0.29) is 24.4 Å². The zero-order valence-corrected chi connectivity index (χ0v) is 18.2. The molecule has 1 amide bonds. The minimum Gasteiger partial charge on any atom is -0.436 e. The summed E-state index contributed by atoms with van der Waals surface area (Å²) in [6.07, 6.45) is 2.35. The van der Waals surface area contributed by atoms with Crippen LogP contribution in [0.3, 0.4) is 0 Å². The number of carbonyl (C=O) groups is 1. The lowest BCUT2D eigenvalue weighted by molar-refractivity contribution is 0.0621. The molecule has 6 rings (SSSR count). The maximum atomic E-state index is 13.1. The minimum atomic E-state index is -0.0497. The molecule has 1 N–H and O–H groups in total. The Morgan fingerprint density at radius 3 is 2.60 bits per heavy atom. The molecule has 5 nitrogen and oxygen atoms in total. The summed E-state index contributed by atoms with van der Waals surface area (Å²) in [6.45, 7) is 7.60. The molecule has 4 heterocycles. The lowest BCUT2D eigenvalue weighted by Crippen LogP contribution is -2.57. The predicted molar refractivity (Wildman–Crippen MR) is 121 cm³/mol. The van der Waals surface area contributed by atoms with E-state index >= 15 is 0 Å². The molecule has 30 heavy (non-hydrogen) atoms. The maximum absolute atomic E-state index is 13.1. The van der Waals surface area contributed by atoms with Gasteiger partial charge in [0.05, 0.1) is 5.56 Å². The van der Waals surface area contributed by atoms with Crippen LogP contribution in [0.4, 0.5) is 0 Å². The van der Waals surface area contributed by atoms with Gasteiger partial charge < -0.3 is 14.6 Å². The first-order valence-electron chi connectivity index (χ1n) is 10.6. The number of carbonyl (C=O) groups excluding carboxylic acids is 1. The van der Waals surface area contributed by atoms with Crippen LogP contribution < -0.4 is 5.32 Å². The first kappa shape index (κ1) is 20.9. The monoisotopic (exact) mass is 425 g/mol. The van der Waals surface area contributed by atoms with Gasteiger partial charge in [-0.05, 0) is 61.5 Å². The van der Waals surface area contributed by atoms with Crippen LogP contribution in [0.5, 0.6) is 0 Å². The summed E-state index contributed by atoms with van der Waals surface area (Å²) in [6, 6.07) is 14.0. The van der Waals surface area contributed by atoms with E-state index in [0.29, 0.717) is 34.4 Å². The first-order chi connectivity index (χ1) is 14.1. The Morgan fingerprint density at radius 1 is 1.13 bits per heavy atom. The van der Waals surface area contributed by atoms with E-state index < -0.39 is 0 Å². The van der Waals surface area contributed by atoms with Crippen molar-refractivity contribution < 1.29 is 9.21 Å². The standard InChI is InChI=1S/C24H27N3O2.ClH/c1-15(2)17-6-3-4-7-18(17)24-26-22-19(8-5-9-21(22)29-24)23(28)25-20-14-27-12-10-16(20)11-13-27;/h3-9,15-16,20H,10-14H2,1-2H3,(H,25,28);1H. The topological polar surface area (TPSA) is 58.4 Å². The van der Waals surface area contributed by atoms with Gasteiger partial charge in [0, 0.05) is 18.2 Å². The van der Waals surface area contributed by atoms with E-state index in [1.54, 1.807) is 0 Å². The fourth-order valence-corrected chi connectivity index (χ4v) is 4.82. The Balaban J connectivity index is 0.00000218. The Morgan fingerprint density at radius 2 is 1.90 bits per heavy atom. The number of nitrogens with one attached hydrogen (secondary N) is 1. The van der Waals surface area contributed by atoms with Gasteiger partial charge in [0.2, 0.25) is 5.89 Å². The highest BCUT2D eigenvalue weighted by Crippen LogP contribution is 2.32. The second-order valence-corrected chi connectivity index (χ2v) is 8.63.